The Bertz CT molecular complexity index is 598. The maximum absolute atomic E-state index is 6.10. The lowest BCUT2D eigenvalue weighted by Crippen LogP contribution is -2.46. The van der Waals surface area contributed by atoms with Gasteiger partial charge in [-0.3, -0.25) is 0 Å². The van der Waals surface area contributed by atoms with E-state index in [9.17, 15) is 0 Å². The third-order valence-electron chi connectivity index (χ3n) is 4.17. The second-order valence-corrected chi connectivity index (χ2v) is 6.00. The summed E-state index contributed by atoms with van der Waals surface area (Å²) in [4.78, 5) is 0. The van der Waals surface area contributed by atoms with Crippen LogP contribution in [0.3, 0.4) is 0 Å². The number of hydrogen-bond acceptors (Lipinski definition) is 4. The number of benzene rings is 1. The Kier molecular flexibility index (Phi) is 4.22. The van der Waals surface area contributed by atoms with Gasteiger partial charge in [0.05, 0.1) is 11.2 Å². The molecule has 0 bridgehead atoms. The Morgan fingerprint density at radius 1 is 1.29 bits per heavy atom. The molecule has 1 aliphatic rings. The third-order valence-corrected chi connectivity index (χ3v) is 4.41. The van der Waals surface area contributed by atoms with E-state index in [1.54, 1.807) is 0 Å². The van der Waals surface area contributed by atoms with Gasteiger partial charge in [-0.2, -0.15) is 4.68 Å². The van der Waals surface area contributed by atoms with Crippen LogP contribution in [-0.2, 0) is 5.54 Å². The monoisotopic (exact) mass is 305 g/mol. The predicted octanol–water partition coefficient (Wildman–Crippen LogP) is 3.08. The summed E-state index contributed by atoms with van der Waals surface area (Å²) in [6, 6.07) is 7.65. The van der Waals surface area contributed by atoms with Crippen LogP contribution in [0.15, 0.2) is 24.3 Å². The molecule has 6 heteroatoms. The highest BCUT2D eigenvalue weighted by atomic mass is 35.5. The Labute approximate surface area is 129 Å². The van der Waals surface area contributed by atoms with Crippen molar-refractivity contribution in [1.29, 1.82) is 0 Å². The Hall–Kier alpha value is -1.46. The first-order valence-corrected chi connectivity index (χ1v) is 7.93. The van der Waals surface area contributed by atoms with Crippen LogP contribution in [-0.4, -0.2) is 26.8 Å². The molecular formula is C15H20ClN5. The van der Waals surface area contributed by atoms with Gasteiger partial charge in [0.25, 0.3) is 0 Å². The van der Waals surface area contributed by atoms with E-state index in [0.717, 1.165) is 30.9 Å². The lowest BCUT2D eigenvalue weighted by molar-refractivity contribution is 0.220. The molecule has 1 N–H and O–H groups in total. The lowest BCUT2D eigenvalue weighted by Gasteiger charge is -2.36. The van der Waals surface area contributed by atoms with Crippen molar-refractivity contribution < 1.29 is 0 Å². The summed E-state index contributed by atoms with van der Waals surface area (Å²) in [6.45, 7) is 3.03. The van der Waals surface area contributed by atoms with Crippen LogP contribution < -0.4 is 5.32 Å². The standard InChI is InChI=1S/C15H20ClN5/c1-2-17-15(9-4-3-5-10-15)14-18-19-20-21(14)13-8-6-7-12(16)11-13/h6-8,11,17H,2-5,9-10H2,1H3. The molecule has 0 unspecified atom stereocenters. The highest BCUT2D eigenvalue weighted by Crippen LogP contribution is 2.36. The molecule has 2 aromatic rings. The van der Waals surface area contributed by atoms with E-state index in [0.29, 0.717) is 5.02 Å². The molecule has 0 amide bonds. The largest absolute Gasteiger partial charge is 0.305 e. The van der Waals surface area contributed by atoms with Gasteiger partial charge in [-0.05, 0) is 48.0 Å². The van der Waals surface area contributed by atoms with Crippen LogP contribution in [0, 0.1) is 0 Å². The molecule has 21 heavy (non-hydrogen) atoms. The minimum Gasteiger partial charge on any atom is -0.305 e. The topological polar surface area (TPSA) is 55.6 Å². The van der Waals surface area contributed by atoms with Crippen molar-refractivity contribution in [2.45, 2.75) is 44.6 Å². The number of rotatable bonds is 4. The van der Waals surface area contributed by atoms with Gasteiger partial charge in [-0.15, -0.1) is 5.10 Å². The molecule has 1 aliphatic carbocycles. The molecule has 0 radical (unpaired) electrons. The van der Waals surface area contributed by atoms with Gasteiger partial charge in [-0.25, -0.2) is 0 Å². The van der Waals surface area contributed by atoms with E-state index in [-0.39, 0.29) is 5.54 Å². The number of nitrogens with one attached hydrogen (secondary N) is 1. The highest BCUT2D eigenvalue weighted by molar-refractivity contribution is 6.30. The summed E-state index contributed by atoms with van der Waals surface area (Å²) in [7, 11) is 0. The number of nitrogens with zero attached hydrogens (tertiary/aromatic N) is 4. The summed E-state index contributed by atoms with van der Waals surface area (Å²) in [5, 5.41) is 16.7. The summed E-state index contributed by atoms with van der Waals surface area (Å²) in [6.07, 6.45) is 5.83. The van der Waals surface area contributed by atoms with Crippen LogP contribution in [0.1, 0.15) is 44.9 Å². The maximum atomic E-state index is 6.10. The van der Waals surface area contributed by atoms with Crippen LogP contribution in [0.25, 0.3) is 5.69 Å². The van der Waals surface area contributed by atoms with Crippen LogP contribution in [0.2, 0.25) is 5.02 Å². The first-order chi connectivity index (χ1) is 10.2. The molecule has 1 aromatic carbocycles. The zero-order chi connectivity index (χ0) is 14.7. The predicted molar refractivity (Wildman–Crippen MR) is 82.6 cm³/mol. The summed E-state index contributed by atoms with van der Waals surface area (Å²) < 4.78 is 1.82. The molecule has 1 fully saturated rings. The first-order valence-electron chi connectivity index (χ1n) is 7.55. The number of aromatic nitrogens is 4. The highest BCUT2D eigenvalue weighted by Gasteiger charge is 2.38. The summed E-state index contributed by atoms with van der Waals surface area (Å²) in [5.74, 6) is 0.895. The van der Waals surface area contributed by atoms with E-state index in [4.69, 9.17) is 11.6 Å². The zero-order valence-corrected chi connectivity index (χ0v) is 13.0. The van der Waals surface area contributed by atoms with Crippen molar-refractivity contribution in [3.63, 3.8) is 0 Å². The van der Waals surface area contributed by atoms with Crippen molar-refractivity contribution >= 4 is 11.6 Å². The van der Waals surface area contributed by atoms with Crippen molar-refractivity contribution in [2.75, 3.05) is 6.54 Å². The quantitative estimate of drug-likeness (QED) is 0.943. The number of halogens is 1. The van der Waals surface area contributed by atoms with Crippen molar-refractivity contribution in [3.05, 3.63) is 35.1 Å². The van der Waals surface area contributed by atoms with Crippen LogP contribution in [0.5, 0.6) is 0 Å². The minimum atomic E-state index is -0.126. The van der Waals surface area contributed by atoms with Gasteiger partial charge in [0.15, 0.2) is 5.82 Å². The Balaban J connectivity index is 2.04. The molecular weight excluding hydrogens is 286 g/mol. The molecule has 0 spiro atoms. The lowest BCUT2D eigenvalue weighted by atomic mass is 9.81. The molecule has 1 heterocycles. The molecule has 112 valence electrons. The number of tetrazole rings is 1. The van der Waals surface area contributed by atoms with E-state index in [2.05, 4.69) is 27.8 Å². The fourth-order valence-corrected chi connectivity index (χ4v) is 3.42. The Morgan fingerprint density at radius 2 is 2.10 bits per heavy atom. The van der Waals surface area contributed by atoms with E-state index in [1.807, 2.05) is 28.9 Å². The number of hydrogen-bond donors (Lipinski definition) is 1. The summed E-state index contributed by atoms with van der Waals surface area (Å²) in [5.41, 5.74) is 0.782. The second kappa shape index (κ2) is 6.12. The van der Waals surface area contributed by atoms with Gasteiger partial charge in [0.1, 0.15) is 0 Å². The average molecular weight is 306 g/mol. The van der Waals surface area contributed by atoms with E-state index < -0.39 is 0 Å². The van der Waals surface area contributed by atoms with E-state index >= 15 is 0 Å². The summed E-state index contributed by atoms with van der Waals surface area (Å²) >= 11 is 6.10. The molecule has 3 rings (SSSR count). The van der Waals surface area contributed by atoms with Gasteiger partial charge in [0.2, 0.25) is 0 Å². The molecule has 0 atom stereocenters. The van der Waals surface area contributed by atoms with Gasteiger partial charge < -0.3 is 5.32 Å². The molecule has 0 aliphatic heterocycles. The zero-order valence-electron chi connectivity index (χ0n) is 12.2. The van der Waals surface area contributed by atoms with Crippen molar-refractivity contribution in [3.8, 4) is 5.69 Å². The van der Waals surface area contributed by atoms with Crippen LogP contribution in [0.4, 0.5) is 0 Å². The van der Waals surface area contributed by atoms with Gasteiger partial charge in [0, 0.05) is 5.02 Å². The third kappa shape index (κ3) is 2.80. The van der Waals surface area contributed by atoms with Crippen LogP contribution >= 0.6 is 11.6 Å². The first kappa shape index (κ1) is 14.5. The normalized spacial score (nSPS) is 17.8. The minimum absolute atomic E-state index is 0.126. The van der Waals surface area contributed by atoms with Crippen molar-refractivity contribution in [1.82, 2.24) is 25.5 Å². The fraction of sp³-hybridized carbons (Fsp3) is 0.533. The fourth-order valence-electron chi connectivity index (χ4n) is 3.24. The smallest absolute Gasteiger partial charge is 0.176 e. The SMILES string of the molecule is CCNC1(c2nnnn2-c2cccc(Cl)c2)CCCCC1. The Morgan fingerprint density at radius 3 is 2.81 bits per heavy atom. The van der Waals surface area contributed by atoms with E-state index in [1.165, 1.54) is 19.3 Å². The average Bonchev–Trinajstić information content (AvgIpc) is 2.99. The maximum Gasteiger partial charge on any atom is 0.176 e. The second-order valence-electron chi connectivity index (χ2n) is 5.57. The molecule has 1 saturated carbocycles. The molecule has 0 saturated heterocycles. The van der Waals surface area contributed by atoms with Gasteiger partial charge >= 0.3 is 0 Å². The van der Waals surface area contributed by atoms with Crippen molar-refractivity contribution in [2.24, 2.45) is 0 Å². The molecule has 1 aromatic heterocycles. The molecule has 5 nitrogen and oxygen atoms in total. The van der Waals surface area contributed by atoms with Gasteiger partial charge in [-0.1, -0.05) is 43.9 Å².